The van der Waals surface area contributed by atoms with Crippen LogP contribution >= 0.6 is 0 Å². The number of rotatable bonds is 2. The molecule has 1 aliphatic rings. The maximum atomic E-state index is 11.3. The summed E-state index contributed by atoms with van der Waals surface area (Å²) in [5, 5.41) is 5.09. The Morgan fingerprint density at radius 1 is 1.37 bits per heavy atom. The first kappa shape index (κ1) is 14.1. The van der Waals surface area contributed by atoms with Crippen LogP contribution in [0.25, 0.3) is 0 Å². The first-order valence-corrected chi connectivity index (χ1v) is 7.55. The van der Waals surface area contributed by atoms with Crippen LogP contribution in [0.5, 0.6) is 0 Å². The molecule has 1 heterocycles. The molecule has 2 rings (SSSR count). The van der Waals surface area contributed by atoms with E-state index >= 15 is 0 Å². The van der Waals surface area contributed by atoms with E-state index in [0.717, 1.165) is 18.8 Å². The molecule has 19 heavy (non-hydrogen) atoms. The molecule has 0 aliphatic carbocycles. The second-order valence-corrected chi connectivity index (χ2v) is 6.83. The molecule has 7 heteroatoms. The first-order chi connectivity index (χ1) is 8.69. The summed E-state index contributed by atoms with van der Waals surface area (Å²) in [7, 11) is -3.77. The highest BCUT2D eigenvalue weighted by Gasteiger charge is 2.27. The van der Waals surface area contributed by atoms with E-state index in [2.05, 4.69) is 4.90 Å². The van der Waals surface area contributed by atoms with Crippen molar-refractivity contribution >= 4 is 21.4 Å². The second kappa shape index (κ2) is 4.66. The molecule has 1 aliphatic heterocycles. The Morgan fingerprint density at radius 2 is 2.05 bits per heavy atom. The summed E-state index contributed by atoms with van der Waals surface area (Å²) in [4.78, 5) is 2.08. The summed E-state index contributed by atoms with van der Waals surface area (Å²) in [5.74, 6) is 0. The van der Waals surface area contributed by atoms with Crippen molar-refractivity contribution in [2.24, 2.45) is 5.14 Å². The van der Waals surface area contributed by atoms with Gasteiger partial charge in [0.1, 0.15) is 4.90 Å². The van der Waals surface area contributed by atoms with Gasteiger partial charge in [0, 0.05) is 18.8 Å². The monoisotopic (exact) mass is 285 g/mol. The third-order valence-corrected chi connectivity index (χ3v) is 4.08. The number of sulfonamides is 1. The molecule has 0 aromatic heterocycles. The number of benzene rings is 1. The third kappa shape index (κ3) is 3.17. The Bertz CT molecular complexity index is 584. The molecule has 0 radical (unpaired) electrons. The summed E-state index contributed by atoms with van der Waals surface area (Å²) < 4.78 is 28.3. The lowest BCUT2D eigenvalue weighted by Crippen LogP contribution is -2.48. The molecule has 0 atom stereocenters. The lowest BCUT2D eigenvalue weighted by atomic mass is 10.1. The Balaban J connectivity index is 2.30. The van der Waals surface area contributed by atoms with E-state index < -0.39 is 10.0 Å². The third-order valence-electron chi connectivity index (χ3n) is 3.09. The van der Waals surface area contributed by atoms with Crippen LogP contribution in [-0.4, -0.2) is 33.7 Å². The number of anilines is 2. The van der Waals surface area contributed by atoms with Crippen LogP contribution in [0.15, 0.2) is 23.1 Å². The zero-order valence-electron chi connectivity index (χ0n) is 11.1. The normalized spacial score (nSPS) is 19.4. The summed E-state index contributed by atoms with van der Waals surface area (Å²) in [5.41, 5.74) is 6.58. The molecule has 1 aromatic rings. The number of hydrogen-bond acceptors (Lipinski definition) is 5. The molecular weight excluding hydrogens is 266 g/mol. The molecule has 0 spiro atoms. The number of nitrogens with zero attached hydrogens (tertiary/aromatic N) is 1. The maximum absolute atomic E-state index is 11.3. The quantitative estimate of drug-likeness (QED) is 0.772. The predicted molar refractivity (Wildman–Crippen MR) is 74.5 cm³/mol. The lowest BCUT2D eigenvalue weighted by molar-refractivity contribution is -0.0276. The molecule has 1 aromatic carbocycles. The molecule has 4 N–H and O–H groups in total. The highest BCUT2D eigenvalue weighted by molar-refractivity contribution is 7.89. The van der Waals surface area contributed by atoms with Gasteiger partial charge in [-0.2, -0.15) is 0 Å². The number of primary sulfonamides is 1. The molecule has 0 unspecified atom stereocenters. The molecule has 1 saturated heterocycles. The van der Waals surface area contributed by atoms with Crippen molar-refractivity contribution in [3.63, 3.8) is 0 Å². The number of morpholine rings is 1. The van der Waals surface area contributed by atoms with Crippen LogP contribution in [0.1, 0.15) is 13.8 Å². The van der Waals surface area contributed by atoms with Gasteiger partial charge in [0.2, 0.25) is 10.0 Å². The minimum absolute atomic E-state index is 0.0382. The van der Waals surface area contributed by atoms with Crippen molar-refractivity contribution in [1.29, 1.82) is 0 Å². The summed E-state index contributed by atoms with van der Waals surface area (Å²) in [6.45, 7) is 6.13. The van der Waals surface area contributed by atoms with Gasteiger partial charge >= 0.3 is 0 Å². The molecule has 1 fully saturated rings. The van der Waals surface area contributed by atoms with Gasteiger partial charge < -0.3 is 15.4 Å². The van der Waals surface area contributed by atoms with Gasteiger partial charge in [-0.15, -0.1) is 0 Å². The van der Waals surface area contributed by atoms with Gasteiger partial charge in [0.05, 0.1) is 17.9 Å². The van der Waals surface area contributed by atoms with E-state index in [1.165, 1.54) is 6.07 Å². The molecule has 106 valence electrons. The highest BCUT2D eigenvalue weighted by atomic mass is 32.2. The summed E-state index contributed by atoms with van der Waals surface area (Å²) in [6.07, 6.45) is 0. The van der Waals surface area contributed by atoms with E-state index in [1.807, 2.05) is 13.8 Å². The van der Waals surface area contributed by atoms with E-state index in [0.29, 0.717) is 6.61 Å². The van der Waals surface area contributed by atoms with Gasteiger partial charge in [-0.05, 0) is 32.0 Å². The summed E-state index contributed by atoms with van der Waals surface area (Å²) in [6, 6.07) is 4.81. The van der Waals surface area contributed by atoms with Crippen molar-refractivity contribution in [3.8, 4) is 0 Å². The average molecular weight is 285 g/mol. The zero-order chi connectivity index (χ0) is 14.3. The molecule has 0 saturated carbocycles. The van der Waals surface area contributed by atoms with Crippen LogP contribution in [-0.2, 0) is 14.8 Å². The fourth-order valence-electron chi connectivity index (χ4n) is 2.23. The van der Waals surface area contributed by atoms with Crippen LogP contribution in [0.4, 0.5) is 11.4 Å². The van der Waals surface area contributed by atoms with Crippen molar-refractivity contribution in [3.05, 3.63) is 18.2 Å². The van der Waals surface area contributed by atoms with Crippen LogP contribution < -0.4 is 15.8 Å². The molecular formula is C12H19N3O3S. The number of nitrogen functional groups attached to an aromatic ring is 1. The topological polar surface area (TPSA) is 98.7 Å². The van der Waals surface area contributed by atoms with Gasteiger partial charge in [-0.25, -0.2) is 13.6 Å². The first-order valence-electron chi connectivity index (χ1n) is 6.00. The fraction of sp³-hybridized carbons (Fsp3) is 0.500. The molecule has 0 amide bonds. The van der Waals surface area contributed by atoms with Crippen molar-refractivity contribution in [1.82, 2.24) is 0 Å². The van der Waals surface area contributed by atoms with Gasteiger partial charge in [-0.3, -0.25) is 0 Å². The van der Waals surface area contributed by atoms with E-state index in [1.54, 1.807) is 12.1 Å². The van der Waals surface area contributed by atoms with Crippen LogP contribution in [0.3, 0.4) is 0 Å². The minimum atomic E-state index is -3.77. The maximum Gasteiger partial charge on any atom is 0.240 e. The highest BCUT2D eigenvalue weighted by Crippen LogP contribution is 2.27. The lowest BCUT2D eigenvalue weighted by Gasteiger charge is -2.39. The van der Waals surface area contributed by atoms with E-state index in [-0.39, 0.29) is 16.2 Å². The van der Waals surface area contributed by atoms with E-state index in [9.17, 15) is 8.42 Å². The van der Waals surface area contributed by atoms with Gasteiger partial charge in [0.25, 0.3) is 0 Å². The van der Waals surface area contributed by atoms with E-state index in [4.69, 9.17) is 15.6 Å². The molecule has 6 nitrogen and oxygen atoms in total. The zero-order valence-corrected chi connectivity index (χ0v) is 11.9. The number of nitrogens with two attached hydrogens (primary N) is 2. The predicted octanol–water partition coefficient (Wildman–Crippen LogP) is 0.531. The van der Waals surface area contributed by atoms with Gasteiger partial charge in [0.15, 0.2) is 0 Å². The fourth-order valence-corrected chi connectivity index (χ4v) is 2.87. The Kier molecular flexibility index (Phi) is 3.46. The SMILES string of the molecule is CC1(C)CN(c2ccc(S(N)(=O)=O)c(N)c2)CCO1. The van der Waals surface area contributed by atoms with Crippen molar-refractivity contribution in [2.75, 3.05) is 30.3 Å². The minimum Gasteiger partial charge on any atom is -0.398 e. The number of hydrogen-bond donors (Lipinski definition) is 2. The van der Waals surface area contributed by atoms with Crippen LogP contribution in [0, 0.1) is 0 Å². The smallest absolute Gasteiger partial charge is 0.240 e. The largest absolute Gasteiger partial charge is 0.398 e. The van der Waals surface area contributed by atoms with Crippen LogP contribution in [0.2, 0.25) is 0 Å². The Morgan fingerprint density at radius 3 is 2.58 bits per heavy atom. The molecule has 0 bridgehead atoms. The average Bonchev–Trinajstić information content (AvgIpc) is 2.25. The van der Waals surface area contributed by atoms with Gasteiger partial charge in [-0.1, -0.05) is 0 Å². The Hall–Kier alpha value is -1.31. The summed E-state index contributed by atoms with van der Waals surface area (Å²) >= 11 is 0. The Labute approximate surface area is 113 Å². The standard InChI is InChI=1S/C12H19N3O3S/c1-12(2)8-15(5-6-18-12)9-3-4-11(10(13)7-9)19(14,16)17/h3-4,7H,5-6,8,13H2,1-2H3,(H2,14,16,17). The second-order valence-electron chi connectivity index (χ2n) is 5.30. The van der Waals surface area contributed by atoms with Crippen molar-refractivity contribution in [2.45, 2.75) is 24.3 Å². The number of ether oxygens (including phenoxy) is 1. The van der Waals surface area contributed by atoms with Crippen molar-refractivity contribution < 1.29 is 13.2 Å².